The van der Waals surface area contributed by atoms with E-state index in [1.807, 2.05) is 11.6 Å². The molecule has 0 aromatic carbocycles. The van der Waals surface area contributed by atoms with Gasteiger partial charge in [0.15, 0.2) is 5.16 Å². The molecule has 0 amide bonds. The Hall–Kier alpha value is -0.850. The minimum Gasteiger partial charge on any atom is -0.324 e. The molecule has 0 aliphatic rings. The van der Waals surface area contributed by atoms with E-state index in [2.05, 4.69) is 27.7 Å². The lowest BCUT2D eigenvalue weighted by atomic mass is 10.5. The van der Waals surface area contributed by atoms with Crippen LogP contribution in [-0.2, 0) is 19.3 Å². The molecule has 2 aromatic heterocycles. The van der Waals surface area contributed by atoms with Crippen molar-refractivity contribution in [3.8, 4) is 0 Å². The van der Waals surface area contributed by atoms with Gasteiger partial charge in [-0.25, -0.2) is 0 Å². The van der Waals surface area contributed by atoms with E-state index in [0.717, 1.165) is 16.7 Å². The third kappa shape index (κ3) is 2.39. The molecule has 2 N–H and O–H groups in total. The second-order valence-corrected chi connectivity index (χ2v) is 5.00. The minimum atomic E-state index is 0.434. The third-order valence-electron chi connectivity index (χ3n) is 2.03. The zero-order valence-electron chi connectivity index (χ0n) is 8.38. The van der Waals surface area contributed by atoms with Crippen molar-refractivity contribution in [1.82, 2.24) is 14.8 Å². The predicted octanol–water partition coefficient (Wildman–Crippen LogP) is 1.63. The second kappa shape index (κ2) is 4.78. The molecular formula is C9H12N4S2. The Kier molecular flexibility index (Phi) is 3.40. The van der Waals surface area contributed by atoms with Crippen molar-refractivity contribution < 1.29 is 0 Å². The van der Waals surface area contributed by atoms with Gasteiger partial charge in [-0.2, -0.15) is 0 Å². The Morgan fingerprint density at radius 3 is 3.00 bits per heavy atom. The molecule has 2 rings (SSSR count). The van der Waals surface area contributed by atoms with Gasteiger partial charge in [-0.1, -0.05) is 17.8 Å². The predicted molar refractivity (Wildman–Crippen MR) is 62.8 cm³/mol. The van der Waals surface area contributed by atoms with Crippen molar-refractivity contribution in [3.63, 3.8) is 0 Å². The highest BCUT2D eigenvalue weighted by Crippen LogP contribution is 2.23. The number of hydrogen-bond acceptors (Lipinski definition) is 5. The number of thiophene rings is 1. The molecule has 0 fully saturated rings. The van der Waals surface area contributed by atoms with E-state index in [9.17, 15) is 0 Å². The Morgan fingerprint density at radius 2 is 2.40 bits per heavy atom. The first-order valence-corrected chi connectivity index (χ1v) is 6.41. The van der Waals surface area contributed by atoms with Gasteiger partial charge in [-0.05, 0) is 11.4 Å². The summed E-state index contributed by atoms with van der Waals surface area (Å²) >= 11 is 3.44. The largest absolute Gasteiger partial charge is 0.324 e. The molecule has 0 saturated heterocycles. The Morgan fingerprint density at radius 1 is 1.53 bits per heavy atom. The maximum atomic E-state index is 5.52. The number of hydrogen-bond donors (Lipinski definition) is 1. The van der Waals surface area contributed by atoms with Crippen molar-refractivity contribution >= 4 is 23.1 Å². The lowest BCUT2D eigenvalue weighted by Crippen LogP contribution is -2.05. The summed E-state index contributed by atoms with van der Waals surface area (Å²) in [7, 11) is 1.94. The van der Waals surface area contributed by atoms with Crippen molar-refractivity contribution in [2.24, 2.45) is 12.8 Å². The SMILES string of the molecule is Cn1c(CN)nnc1SCc1cccs1. The first-order chi connectivity index (χ1) is 7.31. The molecule has 0 spiro atoms. The topological polar surface area (TPSA) is 56.7 Å². The number of rotatable bonds is 4. The highest BCUT2D eigenvalue weighted by Gasteiger charge is 2.07. The molecule has 6 heteroatoms. The number of aromatic nitrogens is 3. The zero-order valence-corrected chi connectivity index (χ0v) is 10.0. The van der Waals surface area contributed by atoms with Crippen LogP contribution in [0, 0.1) is 0 Å². The van der Waals surface area contributed by atoms with E-state index in [0.29, 0.717) is 6.54 Å². The molecular weight excluding hydrogens is 228 g/mol. The van der Waals surface area contributed by atoms with Gasteiger partial charge in [0.1, 0.15) is 5.82 Å². The van der Waals surface area contributed by atoms with Crippen LogP contribution in [0.3, 0.4) is 0 Å². The number of nitrogens with zero attached hydrogens (tertiary/aromatic N) is 3. The van der Waals surface area contributed by atoms with E-state index in [1.165, 1.54) is 4.88 Å². The third-order valence-corrected chi connectivity index (χ3v) is 4.16. The average molecular weight is 240 g/mol. The van der Waals surface area contributed by atoms with Crippen LogP contribution in [0.1, 0.15) is 10.7 Å². The van der Waals surface area contributed by atoms with Crippen molar-refractivity contribution in [2.45, 2.75) is 17.5 Å². The molecule has 2 heterocycles. The first-order valence-electron chi connectivity index (χ1n) is 4.54. The van der Waals surface area contributed by atoms with Gasteiger partial charge >= 0.3 is 0 Å². The summed E-state index contributed by atoms with van der Waals surface area (Å²) in [5.74, 6) is 1.76. The lowest BCUT2D eigenvalue weighted by Gasteiger charge is -2.00. The molecule has 0 saturated carbocycles. The summed E-state index contributed by atoms with van der Waals surface area (Å²) in [5.41, 5.74) is 5.52. The Labute approximate surface area is 96.5 Å². The molecule has 0 aliphatic carbocycles. The van der Waals surface area contributed by atoms with Crippen LogP contribution < -0.4 is 5.73 Å². The summed E-state index contributed by atoms with van der Waals surface area (Å²) in [4.78, 5) is 1.34. The van der Waals surface area contributed by atoms with Gasteiger partial charge in [0.05, 0.1) is 6.54 Å². The molecule has 0 radical (unpaired) electrons. The van der Waals surface area contributed by atoms with Crippen LogP contribution in [0.4, 0.5) is 0 Å². The number of thioether (sulfide) groups is 1. The first kappa shape index (κ1) is 10.7. The van der Waals surface area contributed by atoms with Crippen LogP contribution in [0.25, 0.3) is 0 Å². The maximum absolute atomic E-state index is 5.52. The molecule has 15 heavy (non-hydrogen) atoms. The van der Waals surface area contributed by atoms with Crippen LogP contribution in [0.2, 0.25) is 0 Å². The standard InChI is InChI=1S/C9H12N4S2/c1-13-8(5-10)11-12-9(13)15-6-7-3-2-4-14-7/h2-4H,5-6,10H2,1H3. The fourth-order valence-electron chi connectivity index (χ4n) is 1.18. The van der Waals surface area contributed by atoms with Gasteiger partial charge in [-0.3, -0.25) is 0 Å². The average Bonchev–Trinajstić information content (AvgIpc) is 2.85. The Bertz CT molecular complexity index is 421. The maximum Gasteiger partial charge on any atom is 0.191 e. The lowest BCUT2D eigenvalue weighted by molar-refractivity contribution is 0.734. The van der Waals surface area contributed by atoms with Crippen LogP contribution in [0.5, 0.6) is 0 Å². The minimum absolute atomic E-state index is 0.434. The van der Waals surface area contributed by atoms with E-state index in [1.54, 1.807) is 23.1 Å². The van der Waals surface area contributed by atoms with Gasteiger partial charge in [0.2, 0.25) is 0 Å². The van der Waals surface area contributed by atoms with E-state index in [-0.39, 0.29) is 0 Å². The van der Waals surface area contributed by atoms with Gasteiger partial charge in [0.25, 0.3) is 0 Å². The second-order valence-electron chi connectivity index (χ2n) is 3.03. The molecule has 0 unspecified atom stereocenters. The fraction of sp³-hybridized carbons (Fsp3) is 0.333. The van der Waals surface area contributed by atoms with Crippen molar-refractivity contribution in [1.29, 1.82) is 0 Å². The smallest absolute Gasteiger partial charge is 0.191 e. The van der Waals surface area contributed by atoms with Crippen LogP contribution in [0.15, 0.2) is 22.7 Å². The highest BCUT2D eigenvalue weighted by atomic mass is 32.2. The molecule has 2 aromatic rings. The van der Waals surface area contributed by atoms with Crippen LogP contribution in [-0.4, -0.2) is 14.8 Å². The van der Waals surface area contributed by atoms with Gasteiger partial charge in [-0.15, -0.1) is 21.5 Å². The molecule has 0 aliphatic heterocycles. The number of nitrogens with two attached hydrogens (primary N) is 1. The summed E-state index contributed by atoms with van der Waals surface area (Å²) in [6.45, 7) is 0.434. The normalized spacial score (nSPS) is 10.8. The Balaban J connectivity index is 2.02. The molecule has 4 nitrogen and oxygen atoms in total. The molecule has 0 atom stereocenters. The highest BCUT2D eigenvalue weighted by molar-refractivity contribution is 7.98. The molecule has 0 bridgehead atoms. The van der Waals surface area contributed by atoms with Gasteiger partial charge < -0.3 is 10.3 Å². The summed E-state index contributed by atoms with van der Waals surface area (Å²) in [6, 6.07) is 4.18. The molecule has 80 valence electrons. The van der Waals surface area contributed by atoms with E-state index >= 15 is 0 Å². The van der Waals surface area contributed by atoms with Crippen LogP contribution >= 0.6 is 23.1 Å². The zero-order chi connectivity index (χ0) is 10.7. The quantitative estimate of drug-likeness (QED) is 0.825. The fourth-order valence-corrected chi connectivity index (χ4v) is 2.88. The van der Waals surface area contributed by atoms with E-state index in [4.69, 9.17) is 5.73 Å². The summed E-state index contributed by atoms with van der Waals surface area (Å²) in [6.07, 6.45) is 0. The van der Waals surface area contributed by atoms with Crippen molar-refractivity contribution in [3.05, 3.63) is 28.2 Å². The summed E-state index contributed by atoms with van der Waals surface area (Å²) in [5, 5.41) is 11.1. The van der Waals surface area contributed by atoms with E-state index < -0.39 is 0 Å². The summed E-state index contributed by atoms with van der Waals surface area (Å²) < 4.78 is 1.94. The van der Waals surface area contributed by atoms with Gasteiger partial charge in [0, 0.05) is 17.7 Å². The van der Waals surface area contributed by atoms with Crippen molar-refractivity contribution in [2.75, 3.05) is 0 Å². The monoisotopic (exact) mass is 240 g/mol.